The van der Waals surface area contributed by atoms with Crippen molar-refractivity contribution in [2.75, 3.05) is 13.6 Å². The molecule has 1 aromatic carbocycles. The van der Waals surface area contributed by atoms with Crippen molar-refractivity contribution in [1.82, 2.24) is 4.90 Å². The molecule has 0 saturated carbocycles. The molecule has 0 spiro atoms. The van der Waals surface area contributed by atoms with E-state index in [1.807, 2.05) is 13.0 Å². The van der Waals surface area contributed by atoms with E-state index in [9.17, 15) is 4.79 Å². The Morgan fingerprint density at radius 1 is 1.33 bits per heavy atom. The highest BCUT2D eigenvalue weighted by molar-refractivity contribution is 5.87. The van der Waals surface area contributed by atoms with Crippen LogP contribution in [0.15, 0.2) is 42.0 Å². The summed E-state index contributed by atoms with van der Waals surface area (Å²) in [4.78, 5) is 13.7. The number of carbonyl (C=O) groups is 1. The van der Waals surface area contributed by atoms with Crippen LogP contribution in [0, 0.1) is 0 Å². The molecule has 2 heterocycles. The Hall–Kier alpha value is -1.61. The smallest absolute Gasteiger partial charge is 0.331 e. The minimum atomic E-state index is -0.420. The summed E-state index contributed by atoms with van der Waals surface area (Å²) >= 11 is 0. The molecule has 0 aromatic heterocycles. The molecule has 2 aliphatic heterocycles. The maximum atomic E-state index is 11.4. The van der Waals surface area contributed by atoms with Crippen LogP contribution in [0.5, 0.6) is 0 Å². The monoisotopic (exact) mass is 243 g/mol. The van der Waals surface area contributed by atoms with Gasteiger partial charge in [0.25, 0.3) is 0 Å². The third-order valence-electron chi connectivity index (χ3n) is 3.98. The van der Waals surface area contributed by atoms with Crippen LogP contribution in [0.4, 0.5) is 0 Å². The van der Waals surface area contributed by atoms with Crippen molar-refractivity contribution in [3.05, 3.63) is 47.5 Å². The molecule has 0 N–H and O–H groups in total. The summed E-state index contributed by atoms with van der Waals surface area (Å²) in [7, 11) is 2.09. The predicted molar refractivity (Wildman–Crippen MR) is 69.0 cm³/mol. The molecule has 3 rings (SSSR count). The highest BCUT2D eigenvalue weighted by Crippen LogP contribution is 2.42. The van der Waals surface area contributed by atoms with E-state index >= 15 is 0 Å². The zero-order valence-corrected chi connectivity index (χ0v) is 10.7. The van der Waals surface area contributed by atoms with E-state index in [2.05, 4.69) is 36.2 Å². The van der Waals surface area contributed by atoms with Gasteiger partial charge >= 0.3 is 5.97 Å². The number of esters is 1. The molecule has 0 aliphatic carbocycles. The molecule has 94 valence electrons. The normalized spacial score (nSPS) is 31.8. The molecule has 1 fully saturated rings. The summed E-state index contributed by atoms with van der Waals surface area (Å²) in [5, 5.41) is 0. The topological polar surface area (TPSA) is 29.5 Å². The highest BCUT2D eigenvalue weighted by Gasteiger charge is 2.45. The number of benzene rings is 1. The van der Waals surface area contributed by atoms with Crippen molar-refractivity contribution in [3.8, 4) is 0 Å². The summed E-state index contributed by atoms with van der Waals surface area (Å²) < 4.78 is 5.43. The van der Waals surface area contributed by atoms with Crippen LogP contribution in [-0.2, 0) is 9.53 Å². The van der Waals surface area contributed by atoms with E-state index in [1.54, 1.807) is 6.08 Å². The largest absolute Gasteiger partial charge is 0.450 e. The molecule has 0 radical (unpaired) electrons. The number of hydrogen-bond acceptors (Lipinski definition) is 3. The molecule has 1 aromatic rings. The molecule has 2 aliphatic rings. The molecule has 1 saturated heterocycles. The van der Waals surface area contributed by atoms with Gasteiger partial charge in [0, 0.05) is 18.7 Å². The van der Waals surface area contributed by atoms with Gasteiger partial charge in [-0.05, 0) is 31.5 Å². The summed E-state index contributed by atoms with van der Waals surface area (Å²) in [6, 6.07) is 10.8. The number of rotatable bonds is 1. The Morgan fingerprint density at radius 2 is 2.06 bits per heavy atom. The van der Waals surface area contributed by atoms with Gasteiger partial charge in [0.15, 0.2) is 0 Å². The van der Waals surface area contributed by atoms with E-state index in [1.165, 1.54) is 5.56 Å². The molecule has 2 atom stereocenters. The molecular weight excluding hydrogens is 226 g/mol. The first-order valence-electron chi connectivity index (χ1n) is 6.28. The maximum Gasteiger partial charge on any atom is 0.331 e. The van der Waals surface area contributed by atoms with Crippen molar-refractivity contribution in [1.29, 1.82) is 0 Å². The van der Waals surface area contributed by atoms with Crippen LogP contribution in [-0.4, -0.2) is 30.1 Å². The average molecular weight is 243 g/mol. The maximum absolute atomic E-state index is 11.4. The molecule has 3 nitrogen and oxygen atoms in total. The lowest BCUT2D eigenvalue weighted by molar-refractivity contribution is -0.147. The lowest BCUT2D eigenvalue weighted by atomic mass is 9.83. The zero-order chi connectivity index (χ0) is 12.8. The Bertz CT molecular complexity index is 508. The number of likely N-dealkylation sites (tertiary alicyclic amines) is 1. The second-order valence-corrected chi connectivity index (χ2v) is 5.37. The third kappa shape index (κ3) is 1.75. The standard InChI is InChI=1S/C15H17NO2/c1-15-10-16(2)13(11-6-4-3-5-7-11)8-12(15)9-14(17)18-15/h3-7,9,13H,8,10H2,1-2H3. The van der Waals surface area contributed by atoms with Gasteiger partial charge in [-0.1, -0.05) is 30.3 Å². The lowest BCUT2D eigenvalue weighted by Crippen LogP contribution is -2.47. The van der Waals surface area contributed by atoms with Gasteiger partial charge in [0.2, 0.25) is 0 Å². The lowest BCUT2D eigenvalue weighted by Gasteiger charge is -2.42. The number of ether oxygens (including phenoxy) is 1. The quantitative estimate of drug-likeness (QED) is 0.709. The number of fused-ring (bicyclic) bond motifs is 1. The Labute approximate surface area is 107 Å². The average Bonchev–Trinajstić information content (AvgIpc) is 2.62. The van der Waals surface area contributed by atoms with Crippen LogP contribution in [0.3, 0.4) is 0 Å². The van der Waals surface area contributed by atoms with Gasteiger partial charge in [-0.25, -0.2) is 4.79 Å². The summed E-state index contributed by atoms with van der Waals surface area (Å²) in [6.45, 7) is 2.76. The summed E-state index contributed by atoms with van der Waals surface area (Å²) in [6.07, 6.45) is 2.53. The van der Waals surface area contributed by atoms with E-state index < -0.39 is 5.60 Å². The van der Waals surface area contributed by atoms with Crippen LogP contribution in [0.1, 0.15) is 24.9 Å². The van der Waals surface area contributed by atoms with Gasteiger partial charge in [-0.15, -0.1) is 0 Å². The van der Waals surface area contributed by atoms with E-state index in [0.717, 1.165) is 18.5 Å². The third-order valence-corrected chi connectivity index (χ3v) is 3.98. The number of nitrogens with zero attached hydrogens (tertiary/aromatic N) is 1. The van der Waals surface area contributed by atoms with Gasteiger partial charge < -0.3 is 4.74 Å². The van der Waals surface area contributed by atoms with Crippen molar-refractivity contribution >= 4 is 5.97 Å². The van der Waals surface area contributed by atoms with Gasteiger partial charge in [-0.2, -0.15) is 0 Å². The molecule has 0 bridgehead atoms. The predicted octanol–water partition coefficient (Wildman–Crippen LogP) is 2.31. The van der Waals surface area contributed by atoms with Crippen molar-refractivity contribution < 1.29 is 9.53 Å². The Morgan fingerprint density at radius 3 is 2.78 bits per heavy atom. The fraction of sp³-hybridized carbons (Fsp3) is 0.400. The molecule has 2 unspecified atom stereocenters. The fourth-order valence-electron chi connectivity index (χ4n) is 3.02. The Balaban J connectivity index is 1.92. The second kappa shape index (κ2) is 3.95. The fourth-order valence-corrected chi connectivity index (χ4v) is 3.02. The van der Waals surface area contributed by atoms with Crippen LogP contribution < -0.4 is 0 Å². The van der Waals surface area contributed by atoms with Crippen LogP contribution in [0.25, 0.3) is 0 Å². The van der Waals surface area contributed by atoms with Crippen molar-refractivity contribution in [2.45, 2.75) is 25.0 Å². The SMILES string of the molecule is CN1CC2(C)OC(=O)C=C2CC1c1ccccc1. The van der Waals surface area contributed by atoms with Crippen LogP contribution >= 0.6 is 0 Å². The molecule has 3 heteroatoms. The van der Waals surface area contributed by atoms with E-state index in [4.69, 9.17) is 4.74 Å². The number of carbonyl (C=O) groups excluding carboxylic acids is 1. The number of likely N-dealkylation sites (N-methyl/N-ethyl adjacent to an activating group) is 1. The molecular formula is C15H17NO2. The Kier molecular flexibility index (Phi) is 2.52. The zero-order valence-electron chi connectivity index (χ0n) is 10.7. The first kappa shape index (κ1) is 11.5. The van der Waals surface area contributed by atoms with Gasteiger partial charge in [0.05, 0.1) is 0 Å². The second-order valence-electron chi connectivity index (χ2n) is 5.37. The highest BCUT2D eigenvalue weighted by atomic mass is 16.6. The van der Waals surface area contributed by atoms with E-state index in [0.29, 0.717) is 6.04 Å². The minimum Gasteiger partial charge on any atom is -0.450 e. The first-order valence-corrected chi connectivity index (χ1v) is 6.28. The molecule has 0 amide bonds. The van der Waals surface area contributed by atoms with Crippen molar-refractivity contribution in [3.63, 3.8) is 0 Å². The first-order chi connectivity index (χ1) is 8.58. The van der Waals surface area contributed by atoms with E-state index in [-0.39, 0.29) is 5.97 Å². The number of piperidine rings is 1. The number of hydrogen-bond donors (Lipinski definition) is 0. The van der Waals surface area contributed by atoms with Gasteiger partial charge in [0.1, 0.15) is 5.60 Å². The van der Waals surface area contributed by atoms with Crippen molar-refractivity contribution in [2.24, 2.45) is 0 Å². The summed E-state index contributed by atoms with van der Waals surface area (Å²) in [5.74, 6) is -0.199. The van der Waals surface area contributed by atoms with Crippen LogP contribution in [0.2, 0.25) is 0 Å². The summed E-state index contributed by atoms with van der Waals surface area (Å²) in [5.41, 5.74) is 2.00. The minimum absolute atomic E-state index is 0.199. The van der Waals surface area contributed by atoms with Gasteiger partial charge in [-0.3, -0.25) is 4.90 Å². The molecule has 18 heavy (non-hydrogen) atoms.